The van der Waals surface area contributed by atoms with Crippen LogP contribution in [0.1, 0.15) is 46.6 Å². The van der Waals surface area contributed by atoms with E-state index in [1.165, 1.54) is 0 Å². The third-order valence-corrected chi connectivity index (χ3v) is 4.96. The van der Waals surface area contributed by atoms with Gasteiger partial charge in [-0.2, -0.15) is 5.10 Å². The van der Waals surface area contributed by atoms with Crippen molar-refractivity contribution in [2.24, 2.45) is 0 Å². The van der Waals surface area contributed by atoms with Gasteiger partial charge in [0.15, 0.2) is 0 Å². The highest BCUT2D eigenvalue weighted by Gasteiger charge is 2.52. The molecular weight excluding hydrogens is 285 g/mol. The van der Waals surface area contributed by atoms with E-state index >= 15 is 0 Å². The van der Waals surface area contributed by atoms with Crippen LogP contribution in [0.3, 0.4) is 0 Å². The van der Waals surface area contributed by atoms with Crippen molar-refractivity contribution in [3.63, 3.8) is 0 Å². The molecule has 0 unspecified atom stereocenters. The lowest BCUT2D eigenvalue weighted by molar-refractivity contribution is 0.00578. The number of nitrogens with one attached hydrogen (secondary N) is 1. The second kappa shape index (κ2) is 4.99. The number of rotatable bonds is 3. The zero-order valence-electron chi connectivity index (χ0n) is 13.4. The Kier molecular flexibility index (Phi) is 3.49. The normalized spacial score (nSPS) is 29.2. The standard InChI is InChI=1S/C14H22BN3O4/c1-13(2)14(3,4)22-15(21-13)9-7-16-18(8-9)11-5-10(6-11)17-12(19)20/h7-8,10-11,17H,5-6H2,1-4H3,(H,19,20). The molecule has 2 aliphatic rings. The molecule has 0 bridgehead atoms. The van der Waals surface area contributed by atoms with Crippen molar-refractivity contribution in [1.29, 1.82) is 0 Å². The number of amides is 1. The van der Waals surface area contributed by atoms with Gasteiger partial charge in [-0.3, -0.25) is 4.68 Å². The molecule has 120 valence electrons. The van der Waals surface area contributed by atoms with E-state index in [0.717, 1.165) is 18.3 Å². The minimum atomic E-state index is -0.971. The lowest BCUT2D eigenvalue weighted by Gasteiger charge is -2.35. The molecule has 22 heavy (non-hydrogen) atoms. The quantitative estimate of drug-likeness (QED) is 0.818. The Bertz CT molecular complexity index is 564. The molecule has 0 radical (unpaired) electrons. The summed E-state index contributed by atoms with van der Waals surface area (Å²) in [5.74, 6) is 0. The Morgan fingerprint density at radius 3 is 2.50 bits per heavy atom. The van der Waals surface area contributed by atoms with Crippen LogP contribution in [0.15, 0.2) is 12.4 Å². The van der Waals surface area contributed by atoms with Crippen LogP contribution >= 0.6 is 0 Å². The van der Waals surface area contributed by atoms with E-state index in [9.17, 15) is 4.79 Å². The van der Waals surface area contributed by atoms with Crippen molar-refractivity contribution in [3.8, 4) is 0 Å². The van der Waals surface area contributed by atoms with Crippen LogP contribution < -0.4 is 10.8 Å². The van der Waals surface area contributed by atoms with Crippen LogP contribution in [0.25, 0.3) is 0 Å². The van der Waals surface area contributed by atoms with E-state index in [1.54, 1.807) is 6.20 Å². The Morgan fingerprint density at radius 2 is 1.95 bits per heavy atom. The summed E-state index contributed by atoms with van der Waals surface area (Å²) in [6.45, 7) is 8.08. The van der Waals surface area contributed by atoms with Gasteiger partial charge < -0.3 is 19.7 Å². The van der Waals surface area contributed by atoms with Gasteiger partial charge in [-0.1, -0.05) is 0 Å². The van der Waals surface area contributed by atoms with Gasteiger partial charge in [0.1, 0.15) is 0 Å². The molecule has 1 aromatic rings. The van der Waals surface area contributed by atoms with E-state index in [4.69, 9.17) is 14.4 Å². The van der Waals surface area contributed by atoms with Gasteiger partial charge >= 0.3 is 13.2 Å². The molecule has 0 atom stereocenters. The molecule has 7 nitrogen and oxygen atoms in total. The van der Waals surface area contributed by atoms with Gasteiger partial charge in [-0.05, 0) is 40.5 Å². The molecule has 8 heteroatoms. The maximum Gasteiger partial charge on any atom is 0.498 e. The van der Waals surface area contributed by atoms with Crippen LogP contribution in [-0.2, 0) is 9.31 Å². The van der Waals surface area contributed by atoms with E-state index in [2.05, 4.69) is 10.4 Å². The molecule has 2 N–H and O–H groups in total. The van der Waals surface area contributed by atoms with Crippen LogP contribution in [-0.4, -0.2) is 45.3 Å². The molecule has 1 amide bonds. The Morgan fingerprint density at radius 1 is 1.36 bits per heavy atom. The number of aromatic nitrogens is 2. The fourth-order valence-corrected chi connectivity index (χ4v) is 2.75. The second-order valence-electron chi connectivity index (χ2n) is 7.11. The molecule has 1 aliphatic heterocycles. The molecular formula is C14H22BN3O4. The monoisotopic (exact) mass is 307 g/mol. The van der Waals surface area contributed by atoms with Gasteiger partial charge in [0.2, 0.25) is 0 Å². The maximum atomic E-state index is 10.6. The average molecular weight is 307 g/mol. The van der Waals surface area contributed by atoms with Gasteiger partial charge in [0.25, 0.3) is 0 Å². The smallest absolute Gasteiger partial charge is 0.465 e. The van der Waals surface area contributed by atoms with E-state index in [0.29, 0.717) is 0 Å². The number of hydrogen-bond donors (Lipinski definition) is 2. The van der Waals surface area contributed by atoms with Crippen LogP contribution in [0.5, 0.6) is 0 Å². The maximum absolute atomic E-state index is 10.6. The number of carbonyl (C=O) groups is 1. The third-order valence-electron chi connectivity index (χ3n) is 4.96. The summed E-state index contributed by atoms with van der Waals surface area (Å²) in [6.07, 6.45) is 4.25. The predicted molar refractivity (Wildman–Crippen MR) is 81.2 cm³/mol. The minimum absolute atomic E-state index is 0.0204. The van der Waals surface area contributed by atoms with Crippen LogP contribution in [0, 0.1) is 0 Å². The molecule has 3 rings (SSSR count). The Hall–Kier alpha value is -1.54. The second-order valence-corrected chi connectivity index (χ2v) is 7.11. The molecule has 0 aromatic carbocycles. The lowest BCUT2D eigenvalue weighted by Crippen LogP contribution is -2.44. The number of hydrogen-bond acceptors (Lipinski definition) is 4. The largest absolute Gasteiger partial charge is 0.498 e. The summed E-state index contributed by atoms with van der Waals surface area (Å²) in [4.78, 5) is 10.6. The first-order chi connectivity index (χ1) is 10.2. The highest BCUT2D eigenvalue weighted by Crippen LogP contribution is 2.37. The molecule has 1 aromatic heterocycles. The molecule has 1 saturated heterocycles. The van der Waals surface area contributed by atoms with Gasteiger partial charge in [-0.15, -0.1) is 0 Å². The van der Waals surface area contributed by atoms with Crippen molar-refractivity contribution in [2.45, 2.75) is 63.8 Å². The first-order valence-electron chi connectivity index (χ1n) is 7.57. The van der Waals surface area contributed by atoms with E-state index in [-0.39, 0.29) is 23.3 Å². The first-order valence-corrected chi connectivity index (χ1v) is 7.57. The molecule has 0 spiro atoms. The van der Waals surface area contributed by atoms with Crippen molar-refractivity contribution in [2.75, 3.05) is 0 Å². The Balaban J connectivity index is 1.63. The zero-order chi connectivity index (χ0) is 16.1. The SMILES string of the molecule is CC1(C)OB(c2cnn(C3CC(NC(=O)O)C3)c2)OC1(C)C. The Labute approximate surface area is 130 Å². The first kappa shape index (κ1) is 15.4. The van der Waals surface area contributed by atoms with Crippen LogP contribution in [0.4, 0.5) is 4.79 Å². The van der Waals surface area contributed by atoms with Crippen molar-refractivity contribution >= 4 is 18.7 Å². The lowest BCUT2D eigenvalue weighted by atomic mass is 9.81. The summed E-state index contributed by atoms with van der Waals surface area (Å²) in [6, 6.07) is 0.250. The van der Waals surface area contributed by atoms with Crippen LogP contribution in [0.2, 0.25) is 0 Å². The summed E-state index contributed by atoms with van der Waals surface area (Å²) in [7, 11) is -0.410. The highest BCUT2D eigenvalue weighted by atomic mass is 16.7. The van der Waals surface area contributed by atoms with Crippen molar-refractivity contribution < 1.29 is 19.2 Å². The number of carboxylic acid groups (broad SMARTS) is 1. The van der Waals surface area contributed by atoms with Crippen molar-refractivity contribution in [3.05, 3.63) is 12.4 Å². The van der Waals surface area contributed by atoms with Gasteiger partial charge in [-0.25, -0.2) is 4.79 Å². The third kappa shape index (κ3) is 2.61. The summed E-state index contributed by atoms with van der Waals surface area (Å²) in [5.41, 5.74) is 0.160. The molecule has 1 aliphatic carbocycles. The summed E-state index contributed by atoms with van der Waals surface area (Å²) in [5, 5.41) is 15.5. The summed E-state index contributed by atoms with van der Waals surface area (Å²) < 4.78 is 13.9. The molecule has 1 saturated carbocycles. The number of nitrogens with zero attached hydrogens (tertiary/aromatic N) is 2. The summed E-state index contributed by atoms with van der Waals surface area (Å²) >= 11 is 0. The van der Waals surface area contributed by atoms with Crippen molar-refractivity contribution in [1.82, 2.24) is 15.1 Å². The fraction of sp³-hybridized carbons (Fsp3) is 0.714. The van der Waals surface area contributed by atoms with E-state index in [1.807, 2.05) is 38.6 Å². The fourth-order valence-electron chi connectivity index (χ4n) is 2.75. The van der Waals surface area contributed by atoms with Gasteiger partial charge in [0, 0.05) is 23.9 Å². The highest BCUT2D eigenvalue weighted by molar-refractivity contribution is 6.62. The zero-order valence-corrected chi connectivity index (χ0v) is 13.4. The minimum Gasteiger partial charge on any atom is -0.465 e. The van der Waals surface area contributed by atoms with Gasteiger partial charge in [0.05, 0.1) is 17.2 Å². The molecule has 2 heterocycles. The van der Waals surface area contributed by atoms with E-state index < -0.39 is 13.2 Å². The molecule has 2 fully saturated rings. The average Bonchev–Trinajstić information content (AvgIpc) is 2.87. The topological polar surface area (TPSA) is 85.6 Å². The predicted octanol–water partition coefficient (Wildman–Crippen LogP) is 1.15.